The van der Waals surface area contributed by atoms with Gasteiger partial charge in [-0.05, 0) is 0 Å². The highest BCUT2D eigenvalue weighted by Gasteiger charge is 2.41. The summed E-state index contributed by atoms with van der Waals surface area (Å²) in [5, 5.41) is 8.51. The summed E-state index contributed by atoms with van der Waals surface area (Å²) in [6, 6.07) is 0. The third-order valence-electron chi connectivity index (χ3n) is 1.86. The van der Waals surface area contributed by atoms with Crippen molar-refractivity contribution in [1.82, 2.24) is 4.98 Å². The first-order chi connectivity index (χ1) is 9.00. The smallest absolute Gasteiger partial charge is 0.437 e. The monoisotopic (exact) mass is 307 g/mol. The molecule has 1 heterocycles. The van der Waals surface area contributed by atoms with Gasteiger partial charge in [-0.1, -0.05) is 0 Å². The van der Waals surface area contributed by atoms with Crippen molar-refractivity contribution in [2.24, 2.45) is 0 Å². The highest BCUT2D eigenvalue weighted by molar-refractivity contribution is 5.85. The van der Waals surface area contributed by atoms with Gasteiger partial charge in [-0.25, -0.2) is 9.78 Å². The topological polar surface area (TPSA) is 72.6 Å². The Balaban J connectivity index is 2.71. The number of nitrogens with zero attached hydrogens (tertiary/aromatic N) is 1. The molecule has 0 aliphatic carbocycles. The molecule has 0 saturated heterocycles. The van der Waals surface area contributed by atoms with Gasteiger partial charge in [0, 0.05) is 6.42 Å². The van der Waals surface area contributed by atoms with E-state index < -0.39 is 55.3 Å². The molecule has 0 saturated carbocycles. The molecule has 1 rings (SSSR count). The van der Waals surface area contributed by atoms with Crippen LogP contribution in [0.1, 0.15) is 22.1 Å². The summed E-state index contributed by atoms with van der Waals surface area (Å²) >= 11 is 0. The van der Waals surface area contributed by atoms with Crippen LogP contribution in [0, 0.1) is 0 Å². The molecule has 0 spiro atoms. The van der Waals surface area contributed by atoms with E-state index in [-0.39, 0.29) is 0 Å². The largest absolute Gasteiger partial charge is 0.475 e. The van der Waals surface area contributed by atoms with Crippen LogP contribution < -0.4 is 0 Å². The number of ether oxygens (including phenoxy) is 1. The van der Waals surface area contributed by atoms with E-state index in [2.05, 4.69) is 14.1 Å². The van der Waals surface area contributed by atoms with Crippen LogP contribution in [-0.4, -0.2) is 35.4 Å². The summed E-state index contributed by atoms with van der Waals surface area (Å²) in [6.45, 7) is -2.19. The number of alkyl halides is 6. The van der Waals surface area contributed by atoms with Crippen molar-refractivity contribution in [1.29, 1.82) is 0 Å². The number of carboxylic acid groups (broad SMARTS) is 1. The van der Waals surface area contributed by atoms with Crippen LogP contribution in [0.5, 0.6) is 0 Å². The Hall–Kier alpha value is -1.78. The average Bonchev–Trinajstić information content (AvgIpc) is 2.67. The van der Waals surface area contributed by atoms with Gasteiger partial charge in [-0.3, -0.25) is 0 Å². The summed E-state index contributed by atoms with van der Waals surface area (Å²) in [5.41, 5.74) is -1.74. The van der Waals surface area contributed by atoms with E-state index in [1.165, 1.54) is 0 Å². The third kappa shape index (κ3) is 4.72. The zero-order valence-electron chi connectivity index (χ0n) is 9.51. The average molecular weight is 307 g/mol. The lowest BCUT2D eigenvalue weighted by Gasteiger charge is -2.05. The lowest BCUT2D eigenvalue weighted by Crippen LogP contribution is -2.18. The van der Waals surface area contributed by atoms with Gasteiger partial charge in [0.1, 0.15) is 6.61 Å². The Bertz CT molecular complexity index is 478. The third-order valence-corrected chi connectivity index (χ3v) is 1.86. The van der Waals surface area contributed by atoms with Crippen LogP contribution in [0.25, 0.3) is 0 Å². The molecule has 114 valence electrons. The van der Waals surface area contributed by atoms with E-state index in [9.17, 15) is 31.1 Å². The number of hydrogen-bond donors (Lipinski definition) is 1. The molecular formula is C9H7F6NO4. The van der Waals surface area contributed by atoms with Crippen molar-refractivity contribution in [2.75, 3.05) is 13.2 Å². The summed E-state index contributed by atoms with van der Waals surface area (Å²) in [4.78, 5) is 13.4. The summed E-state index contributed by atoms with van der Waals surface area (Å²) < 4.78 is 80.9. The Morgan fingerprint density at radius 1 is 1.25 bits per heavy atom. The highest BCUT2D eigenvalue weighted by atomic mass is 19.4. The molecule has 0 aliphatic rings. The fourth-order valence-corrected chi connectivity index (χ4v) is 1.16. The minimum atomic E-state index is -5.04. The number of carbonyl (C=O) groups is 1. The molecule has 0 unspecified atom stereocenters. The second-order valence-electron chi connectivity index (χ2n) is 3.51. The maximum Gasteiger partial charge on any atom is 0.437 e. The predicted octanol–water partition coefficient (Wildman–Crippen LogP) is 2.51. The summed E-state index contributed by atoms with van der Waals surface area (Å²) in [7, 11) is 0. The minimum absolute atomic E-state index is 0.521. The molecule has 1 aromatic heterocycles. The Morgan fingerprint density at radius 2 is 1.85 bits per heavy atom. The van der Waals surface area contributed by atoms with Gasteiger partial charge in [0.15, 0.2) is 11.6 Å². The second kappa shape index (κ2) is 5.69. The van der Waals surface area contributed by atoms with Gasteiger partial charge in [-0.15, -0.1) is 0 Å². The molecule has 0 amide bonds. The number of halogens is 6. The van der Waals surface area contributed by atoms with Gasteiger partial charge in [0.25, 0.3) is 0 Å². The van der Waals surface area contributed by atoms with E-state index >= 15 is 0 Å². The van der Waals surface area contributed by atoms with Crippen LogP contribution in [0.3, 0.4) is 0 Å². The van der Waals surface area contributed by atoms with Crippen LogP contribution in [0.15, 0.2) is 4.42 Å². The van der Waals surface area contributed by atoms with Gasteiger partial charge in [0.05, 0.1) is 6.61 Å². The first-order valence-corrected chi connectivity index (χ1v) is 4.95. The first kappa shape index (κ1) is 16.3. The summed E-state index contributed by atoms with van der Waals surface area (Å²) in [6.07, 6.45) is -10.1. The molecule has 0 aliphatic heterocycles. The Labute approximate surface area is 107 Å². The van der Waals surface area contributed by atoms with Crippen molar-refractivity contribution >= 4 is 5.97 Å². The predicted molar refractivity (Wildman–Crippen MR) is 49.0 cm³/mol. The van der Waals surface area contributed by atoms with Crippen LogP contribution in [0.2, 0.25) is 0 Å². The zero-order valence-corrected chi connectivity index (χ0v) is 9.51. The number of aromatic nitrogens is 1. The van der Waals surface area contributed by atoms with Gasteiger partial charge in [0.2, 0.25) is 5.76 Å². The SMILES string of the molecule is O=C(O)c1oc(CCOCC(F)(F)F)nc1C(F)(F)F. The molecule has 1 N–H and O–H groups in total. The van der Waals surface area contributed by atoms with E-state index in [0.717, 1.165) is 0 Å². The maximum atomic E-state index is 12.4. The normalized spacial score (nSPS) is 12.7. The molecule has 0 radical (unpaired) electrons. The van der Waals surface area contributed by atoms with Crippen LogP contribution in [-0.2, 0) is 17.3 Å². The molecule has 20 heavy (non-hydrogen) atoms. The standard InChI is InChI=1S/C9H7F6NO4/c10-8(11,12)3-19-2-1-4-16-6(9(13,14)15)5(20-4)7(17)18/h1-3H2,(H,17,18). The fraction of sp³-hybridized carbons (Fsp3) is 0.556. The maximum absolute atomic E-state index is 12.4. The quantitative estimate of drug-likeness (QED) is 0.668. The molecule has 0 atom stereocenters. The second-order valence-corrected chi connectivity index (χ2v) is 3.51. The lowest BCUT2D eigenvalue weighted by molar-refractivity contribution is -0.173. The van der Waals surface area contributed by atoms with Gasteiger partial charge in [-0.2, -0.15) is 26.3 Å². The fourth-order valence-electron chi connectivity index (χ4n) is 1.16. The summed E-state index contributed by atoms with van der Waals surface area (Å²) in [5.74, 6) is -4.06. The van der Waals surface area contributed by atoms with Crippen molar-refractivity contribution in [2.45, 2.75) is 18.8 Å². The van der Waals surface area contributed by atoms with Crippen molar-refractivity contribution < 1.29 is 45.4 Å². The van der Waals surface area contributed by atoms with Crippen molar-refractivity contribution in [3.8, 4) is 0 Å². The number of oxazole rings is 1. The molecule has 11 heteroatoms. The van der Waals surface area contributed by atoms with E-state index in [0.29, 0.717) is 0 Å². The molecule has 0 bridgehead atoms. The minimum Gasteiger partial charge on any atom is -0.475 e. The number of carboxylic acids is 1. The Morgan fingerprint density at radius 3 is 2.25 bits per heavy atom. The first-order valence-electron chi connectivity index (χ1n) is 4.95. The Kier molecular flexibility index (Phi) is 4.63. The highest BCUT2D eigenvalue weighted by Crippen LogP contribution is 2.31. The molecule has 0 aromatic carbocycles. The van der Waals surface area contributed by atoms with Crippen molar-refractivity contribution in [3.05, 3.63) is 17.3 Å². The molecule has 1 aromatic rings. The van der Waals surface area contributed by atoms with Crippen LogP contribution >= 0.6 is 0 Å². The zero-order chi connectivity index (χ0) is 15.6. The van der Waals surface area contributed by atoms with Gasteiger partial charge >= 0.3 is 18.3 Å². The lowest BCUT2D eigenvalue weighted by atomic mass is 10.3. The van der Waals surface area contributed by atoms with E-state index in [1.807, 2.05) is 0 Å². The molecule has 5 nitrogen and oxygen atoms in total. The van der Waals surface area contributed by atoms with Crippen molar-refractivity contribution in [3.63, 3.8) is 0 Å². The number of rotatable bonds is 5. The van der Waals surface area contributed by atoms with Gasteiger partial charge < -0.3 is 14.3 Å². The van der Waals surface area contributed by atoms with Crippen LogP contribution in [0.4, 0.5) is 26.3 Å². The number of hydrogen-bond acceptors (Lipinski definition) is 4. The molecule has 0 fully saturated rings. The van der Waals surface area contributed by atoms with E-state index in [4.69, 9.17) is 5.11 Å². The number of aromatic carboxylic acids is 1. The van der Waals surface area contributed by atoms with E-state index in [1.54, 1.807) is 0 Å². The molecular weight excluding hydrogens is 300 g/mol.